The van der Waals surface area contributed by atoms with Crippen molar-refractivity contribution in [2.45, 2.75) is 0 Å². The first-order chi connectivity index (χ1) is 5.27. The van der Waals surface area contributed by atoms with E-state index in [-0.39, 0.29) is 0 Å². The molecule has 2 nitrogen and oxygen atoms in total. The van der Waals surface area contributed by atoms with Crippen LogP contribution in [0.1, 0.15) is 0 Å². The van der Waals surface area contributed by atoms with Crippen LogP contribution in [0.25, 0.3) is 10.9 Å². The summed E-state index contributed by atoms with van der Waals surface area (Å²) in [7, 11) is 0. The largest absolute Gasteiger partial charge is 0.359 e. The van der Waals surface area contributed by atoms with Gasteiger partial charge in [0.15, 0.2) is 0 Å². The van der Waals surface area contributed by atoms with Gasteiger partial charge in [0.25, 0.3) is 0 Å². The van der Waals surface area contributed by atoms with Crippen LogP contribution in [0.4, 0.5) is 4.39 Å². The number of aromatic nitrogens is 2. The lowest BCUT2D eigenvalue weighted by Gasteiger charge is -1.88. The second-order valence-corrected chi connectivity index (χ2v) is 3.04. The van der Waals surface area contributed by atoms with Crippen molar-refractivity contribution in [3.63, 3.8) is 0 Å². The van der Waals surface area contributed by atoms with Crippen LogP contribution in [0.3, 0.4) is 0 Å². The summed E-state index contributed by atoms with van der Waals surface area (Å²) >= 11 is 3.28. The van der Waals surface area contributed by atoms with Crippen molar-refractivity contribution in [3.05, 3.63) is 28.9 Å². The molecule has 0 saturated carbocycles. The van der Waals surface area contributed by atoms with Gasteiger partial charge in [0, 0.05) is 22.1 Å². The van der Waals surface area contributed by atoms with Crippen molar-refractivity contribution < 1.29 is 4.39 Å². The molecule has 1 N–H and O–H groups in total. The molecule has 2 aromatic heterocycles. The summed E-state index contributed by atoms with van der Waals surface area (Å²) in [5, 5.41) is 0.817. The Morgan fingerprint density at radius 2 is 2.36 bits per heavy atom. The number of hydrogen-bond acceptors (Lipinski definition) is 1. The Hall–Kier alpha value is -0.900. The molecule has 0 aliphatic carbocycles. The molecule has 4 heteroatoms. The second-order valence-electron chi connectivity index (χ2n) is 2.19. The Kier molecular flexibility index (Phi) is 1.42. The number of halogens is 2. The molecular formula is C7H4BrFN2. The molecule has 56 valence electrons. The van der Waals surface area contributed by atoms with Gasteiger partial charge in [-0.15, -0.1) is 0 Å². The van der Waals surface area contributed by atoms with Gasteiger partial charge < -0.3 is 4.98 Å². The van der Waals surface area contributed by atoms with Crippen LogP contribution in [0.5, 0.6) is 0 Å². The van der Waals surface area contributed by atoms with Crippen molar-refractivity contribution in [1.29, 1.82) is 0 Å². The minimum absolute atomic E-state index is 0.460. The lowest BCUT2D eigenvalue weighted by atomic mass is 10.3. The molecule has 0 atom stereocenters. The highest BCUT2D eigenvalue weighted by molar-refractivity contribution is 9.10. The fourth-order valence-corrected chi connectivity index (χ4v) is 1.40. The molecular weight excluding hydrogens is 211 g/mol. The molecule has 0 unspecified atom stereocenters. The molecule has 0 saturated heterocycles. The quantitative estimate of drug-likeness (QED) is 0.671. The highest BCUT2D eigenvalue weighted by atomic mass is 79.9. The predicted molar refractivity (Wildman–Crippen MR) is 43.8 cm³/mol. The molecule has 0 amide bonds. The van der Waals surface area contributed by atoms with Crippen molar-refractivity contribution in [2.75, 3.05) is 0 Å². The SMILES string of the molecule is Fc1cc2c(Br)c[nH]c2cn1. The number of nitrogens with one attached hydrogen (secondary N) is 1. The Balaban J connectivity index is 2.87. The molecule has 2 heterocycles. The van der Waals surface area contributed by atoms with E-state index in [0.717, 1.165) is 15.4 Å². The van der Waals surface area contributed by atoms with Crippen molar-refractivity contribution in [2.24, 2.45) is 0 Å². The summed E-state index contributed by atoms with van der Waals surface area (Å²) in [5.41, 5.74) is 0.832. The van der Waals surface area contributed by atoms with Gasteiger partial charge in [-0.05, 0) is 15.9 Å². The summed E-state index contributed by atoms with van der Waals surface area (Å²) < 4.78 is 13.4. The van der Waals surface area contributed by atoms with Gasteiger partial charge >= 0.3 is 0 Å². The highest BCUT2D eigenvalue weighted by Crippen LogP contribution is 2.22. The molecule has 11 heavy (non-hydrogen) atoms. The Bertz CT molecular complexity index is 396. The van der Waals surface area contributed by atoms with Gasteiger partial charge in [-0.3, -0.25) is 0 Å². The zero-order chi connectivity index (χ0) is 7.84. The maximum atomic E-state index is 12.5. The Labute approximate surface area is 70.6 Å². The van der Waals surface area contributed by atoms with E-state index >= 15 is 0 Å². The number of pyridine rings is 1. The summed E-state index contributed by atoms with van der Waals surface area (Å²) in [6.45, 7) is 0. The minimum Gasteiger partial charge on any atom is -0.359 e. The zero-order valence-electron chi connectivity index (χ0n) is 5.44. The van der Waals surface area contributed by atoms with Crippen LogP contribution >= 0.6 is 15.9 Å². The van der Waals surface area contributed by atoms with Gasteiger partial charge in [0.05, 0.1) is 11.7 Å². The van der Waals surface area contributed by atoms with E-state index in [4.69, 9.17) is 0 Å². The standard InChI is InChI=1S/C7H4BrFN2/c8-5-2-10-6-3-11-7(9)1-4(5)6/h1-3,10H. The minimum atomic E-state index is -0.460. The fraction of sp³-hybridized carbons (Fsp3) is 0. The lowest BCUT2D eigenvalue weighted by molar-refractivity contribution is 0.586. The first-order valence-corrected chi connectivity index (χ1v) is 3.85. The first kappa shape index (κ1) is 6.79. The van der Waals surface area contributed by atoms with E-state index in [1.807, 2.05) is 0 Å². The molecule has 2 rings (SSSR count). The van der Waals surface area contributed by atoms with Crippen LogP contribution in [0.15, 0.2) is 22.9 Å². The van der Waals surface area contributed by atoms with E-state index < -0.39 is 5.95 Å². The molecule has 0 aliphatic heterocycles. The molecule has 0 fully saturated rings. The maximum Gasteiger partial charge on any atom is 0.213 e. The third-order valence-corrected chi connectivity index (χ3v) is 2.14. The van der Waals surface area contributed by atoms with E-state index in [2.05, 4.69) is 25.9 Å². The number of aromatic amines is 1. The zero-order valence-corrected chi connectivity index (χ0v) is 7.02. The van der Waals surface area contributed by atoms with E-state index in [0.29, 0.717) is 0 Å². The van der Waals surface area contributed by atoms with Crippen LogP contribution in [0.2, 0.25) is 0 Å². The van der Waals surface area contributed by atoms with Gasteiger partial charge in [0.1, 0.15) is 0 Å². The molecule has 0 bridgehead atoms. The maximum absolute atomic E-state index is 12.5. The van der Waals surface area contributed by atoms with Crippen LogP contribution in [-0.4, -0.2) is 9.97 Å². The molecule has 2 aromatic rings. The summed E-state index contributed by atoms with van der Waals surface area (Å²) in [4.78, 5) is 6.44. The van der Waals surface area contributed by atoms with Gasteiger partial charge in [-0.2, -0.15) is 4.39 Å². The third-order valence-electron chi connectivity index (χ3n) is 1.48. The summed E-state index contributed by atoms with van der Waals surface area (Å²) in [5.74, 6) is -0.460. The van der Waals surface area contributed by atoms with Crippen LogP contribution in [-0.2, 0) is 0 Å². The number of rotatable bonds is 0. The first-order valence-electron chi connectivity index (χ1n) is 3.05. The smallest absolute Gasteiger partial charge is 0.213 e. The van der Waals surface area contributed by atoms with Crippen molar-refractivity contribution >= 4 is 26.8 Å². The van der Waals surface area contributed by atoms with Gasteiger partial charge in [-0.1, -0.05) is 0 Å². The second kappa shape index (κ2) is 2.30. The molecule has 0 aromatic carbocycles. The monoisotopic (exact) mass is 214 g/mol. The summed E-state index contributed by atoms with van der Waals surface area (Å²) in [6, 6.07) is 1.38. The molecule has 0 aliphatic rings. The summed E-state index contributed by atoms with van der Waals surface area (Å²) in [6.07, 6.45) is 3.22. The van der Waals surface area contributed by atoms with E-state index in [1.165, 1.54) is 12.3 Å². The Morgan fingerprint density at radius 1 is 1.55 bits per heavy atom. The number of hydrogen-bond donors (Lipinski definition) is 1. The van der Waals surface area contributed by atoms with Crippen LogP contribution < -0.4 is 0 Å². The van der Waals surface area contributed by atoms with Gasteiger partial charge in [-0.25, -0.2) is 4.98 Å². The lowest BCUT2D eigenvalue weighted by Crippen LogP contribution is -1.79. The number of nitrogens with zero attached hydrogens (tertiary/aromatic N) is 1. The van der Waals surface area contributed by atoms with Crippen molar-refractivity contribution in [3.8, 4) is 0 Å². The van der Waals surface area contributed by atoms with E-state index in [1.54, 1.807) is 6.20 Å². The average molecular weight is 215 g/mol. The highest BCUT2D eigenvalue weighted by Gasteiger charge is 2.01. The normalized spacial score (nSPS) is 10.7. The van der Waals surface area contributed by atoms with Crippen LogP contribution in [0, 0.1) is 5.95 Å². The van der Waals surface area contributed by atoms with E-state index in [9.17, 15) is 4.39 Å². The van der Waals surface area contributed by atoms with Crippen molar-refractivity contribution in [1.82, 2.24) is 9.97 Å². The predicted octanol–water partition coefficient (Wildman–Crippen LogP) is 2.46. The fourth-order valence-electron chi connectivity index (χ4n) is 0.961. The van der Waals surface area contributed by atoms with Gasteiger partial charge in [0.2, 0.25) is 5.95 Å². The molecule has 0 radical (unpaired) electrons. The third kappa shape index (κ3) is 1.03. The Morgan fingerprint density at radius 3 is 3.18 bits per heavy atom. The number of fused-ring (bicyclic) bond motifs is 1. The number of H-pyrrole nitrogens is 1. The topological polar surface area (TPSA) is 28.7 Å². The molecule has 0 spiro atoms. The average Bonchev–Trinajstić information content (AvgIpc) is 2.33.